The molecule has 6 atom stereocenters. The minimum absolute atomic E-state index is 0. The topological polar surface area (TPSA) is 279 Å². The van der Waals surface area contributed by atoms with Crippen LogP contribution in [0.1, 0.15) is 46.4 Å². The minimum Gasteiger partial charge on any atom is -0.672 e. The van der Waals surface area contributed by atoms with Gasteiger partial charge in [-0.25, -0.2) is 0 Å². The minimum atomic E-state index is -2.44. The summed E-state index contributed by atoms with van der Waals surface area (Å²) >= 11 is 0. The quantitative estimate of drug-likeness (QED) is 0.169. The maximum atomic E-state index is 9.63. The van der Waals surface area contributed by atoms with E-state index in [0.717, 1.165) is 22.3 Å². The van der Waals surface area contributed by atoms with Gasteiger partial charge in [-0.3, -0.25) is 0 Å². The summed E-state index contributed by atoms with van der Waals surface area (Å²) in [4.78, 5) is 27.6. The number of hydrogen-bond acceptors (Lipinski definition) is 8. The number of nitrogens with zero attached hydrogens (tertiary/aromatic N) is 1. The van der Waals surface area contributed by atoms with Crippen LogP contribution in [-0.2, 0) is 26.4 Å². The number of nitrogens with one attached hydrogen (secondary N) is 4. The molecule has 4 aromatic rings. The molecule has 0 saturated heterocycles. The van der Waals surface area contributed by atoms with Crippen molar-refractivity contribution in [1.29, 1.82) is 0 Å². The van der Waals surface area contributed by atoms with E-state index < -0.39 is 53.4 Å². The van der Waals surface area contributed by atoms with Gasteiger partial charge in [0.05, 0.1) is 11.9 Å². The Morgan fingerprint density at radius 2 is 0.660 bits per heavy atom. The molecule has 0 heterocycles. The van der Waals surface area contributed by atoms with E-state index >= 15 is 0 Å². The molecule has 0 fully saturated rings. The Morgan fingerprint density at radius 1 is 0.511 bits per heavy atom. The predicted octanol–water partition coefficient (Wildman–Crippen LogP) is 4.00. The van der Waals surface area contributed by atoms with Crippen LogP contribution in [0.2, 0.25) is 0 Å². The molecule has 0 bridgehead atoms. The standard InChI is InChI=1S/2C14H14N2.C4H6O6.Co.HNO3/c2*15-13(11-7-3-1-4-8-11)14(16)12-9-5-2-6-10-12;5-1(3(7)8)2(6)4(9)10;;2-1(3)4/h2*1-10,13-16H;1-2,5-6H,(H,7,8)(H,9,10);;(H,2,3,4)/q2*-2;;+3;/p-2. The fourth-order valence-electron chi connectivity index (χ4n) is 3.67. The number of carbonyl (C=O) groups excluding carboxylic acids is 2. The molecule has 47 heavy (non-hydrogen) atoms. The van der Waals surface area contributed by atoms with E-state index in [0.29, 0.717) is 0 Å². The Labute approximate surface area is 281 Å². The molecular weight excluding hydrogens is 657 g/mol. The van der Waals surface area contributed by atoms with Crippen molar-refractivity contribution in [3.63, 3.8) is 0 Å². The van der Waals surface area contributed by atoms with Crippen LogP contribution in [-0.4, -0.2) is 44.7 Å². The third-order valence-corrected chi connectivity index (χ3v) is 6.08. The van der Waals surface area contributed by atoms with Crippen molar-refractivity contribution >= 4 is 11.9 Å². The van der Waals surface area contributed by atoms with Gasteiger partial charge in [0.25, 0.3) is 5.09 Å². The van der Waals surface area contributed by atoms with Crippen molar-refractivity contribution in [2.24, 2.45) is 0 Å². The summed E-state index contributed by atoms with van der Waals surface area (Å²) in [5.41, 5.74) is 35.9. The SMILES string of the molecule is O=C([O-])C(O)C(O)C(=O)[O-].O=[N+]([O-])O.[Co+3].[NH-]C(c1ccccc1)C([NH-])c1ccccc1.[NH-]C(c1ccccc1)C([NH-])c1ccccc1. The van der Waals surface area contributed by atoms with E-state index in [9.17, 15) is 19.8 Å². The molecular formula is C32H33CoN5O9-3. The number of carboxylic acids is 2. The molecule has 0 aliphatic heterocycles. The number of carbonyl (C=O) groups is 2. The molecule has 0 saturated carbocycles. The second-order valence-electron chi connectivity index (χ2n) is 9.32. The average molecular weight is 691 g/mol. The molecule has 7 N–H and O–H groups in total. The van der Waals surface area contributed by atoms with Crippen LogP contribution < -0.4 is 10.2 Å². The number of hydrogen-bond donors (Lipinski definition) is 3. The predicted molar refractivity (Wildman–Crippen MR) is 165 cm³/mol. The smallest absolute Gasteiger partial charge is 0.672 e. The van der Waals surface area contributed by atoms with E-state index in [4.69, 9.17) is 48.5 Å². The van der Waals surface area contributed by atoms with Gasteiger partial charge in [0.1, 0.15) is 12.2 Å². The summed E-state index contributed by atoms with van der Waals surface area (Å²) in [5.74, 6) is -4.12. The van der Waals surface area contributed by atoms with Crippen molar-refractivity contribution in [2.45, 2.75) is 36.4 Å². The Kier molecular flexibility index (Phi) is 20.5. The molecule has 15 heteroatoms. The summed E-state index contributed by atoms with van der Waals surface area (Å²) in [6, 6.07) is 36.1. The number of benzene rings is 4. The molecule has 252 valence electrons. The maximum absolute atomic E-state index is 9.63. The maximum Gasteiger partial charge on any atom is 3.00 e. The normalized spacial score (nSPS) is 13.7. The summed E-state index contributed by atoms with van der Waals surface area (Å²) in [5, 5.41) is 49.4. The first-order valence-corrected chi connectivity index (χ1v) is 13.4. The van der Waals surface area contributed by atoms with Gasteiger partial charge in [-0.15, -0.1) is 34.3 Å². The van der Waals surface area contributed by atoms with Crippen LogP contribution in [0, 0.1) is 10.1 Å². The van der Waals surface area contributed by atoms with Crippen LogP contribution in [0.5, 0.6) is 0 Å². The van der Waals surface area contributed by atoms with Gasteiger partial charge in [0.15, 0.2) is 0 Å². The van der Waals surface area contributed by atoms with E-state index in [-0.39, 0.29) is 16.8 Å². The Balaban J connectivity index is 0.000000649. The van der Waals surface area contributed by atoms with E-state index in [1.165, 1.54) is 0 Å². The van der Waals surface area contributed by atoms with Crippen molar-refractivity contribution in [3.05, 3.63) is 177 Å². The van der Waals surface area contributed by atoms with Gasteiger partial charge in [-0.05, 0) is 0 Å². The van der Waals surface area contributed by atoms with Gasteiger partial charge in [0.2, 0.25) is 0 Å². The fraction of sp³-hybridized carbons (Fsp3) is 0.188. The largest absolute Gasteiger partial charge is 3.00 e. The Bertz CT molecular complexity index is 1250. The van der Waals surface area contributed by atoms with Crippen LogP contribution in [0.15, 0.2) is 121 Å². The fourth-order valence-corrected chi connectivity index (χ4v) is 3.67. The average Bonchev–Trinajstić information content (AvgIpc) is 3.08. The van der Waals surface area contributed by atoms with Gasteiger partial charge in [-0.1, -0.05) is 144 Å². The summed E-state index contributed by atoms with van der Waals surface area (Å²) in [7, 11) is 0. The van der Waals surface area contributed by atoms with E-state index in [2.05, 4.69) is 0 Å². The number of aliphatic carboxylic acids is 2. The summed E-state index contributed by atoms with van der Waals surface area (Å²) in [6.45, 7) is 0. The molecule has 0 amide bonds. The van der Waals surface area contributed by atoms with Gasteiger partial charge in [-0.2, -0.15) is 0 Å². The molecule has 4 rings (SSSR count). The zero-order valence-corrected chi connectivity index (χ0v) is 25.6. The summed E-state index contributed by atoms with van der Waals surface area (Å²) in [6.07, 6.45) is -4.88. The number of aliphatic hydroxyl groups excluding tert-OH is 2. The molecule has 6 unspecified atom stereocenters. The van der Waals surface area contributed by atoms with Gasteiger partial charge < -0.3 is 58.2 Å². The van der Waals surface area contributed by atoms with Crippen LogP contribution in [0.25, 0.3) is 22.9 Å². The first-order chi connectivity index (χ1) is 21.8. The van der Waals surface area contributed by atoms with E-state index in [1.807, 2.05) is 121 Å². The number of carboxylic acid groups (broad SMARTS) is 2. The van der Waals surface area contributed by atoms with Crippen molar-refractivity contribution in [2.75, 3.05) is 0 Å². The van der Waals surface area contributed by atoms with Crippen molar-refractivity contribution in [3.8, 4) is 0 Å². The second-order valence-corrected chi connectivity index (χ2v) is 9.32. The second kappa shape index (κ2) is 22.7. The van der Waals surface area contributed by atoms with Gasteiger partial charge >= 0.3 is 16.8 Å². The molecule has 0 aliphatic rings. The van der Waals surface area contributed by atoms with Crippen LogP contribution in [0.4, 0.5) is 0 Å². The molecule has 4 aromatic carbocycles. The first kappa shape index (κ1) is 42.3. The molecule has 14 nitrogen and oxygen atoms in total. The number of aliphatic hydroxyl groups is 2. The van der Waals surface area contributed by atoms with E-state index in [1.54, 1.807) is 0 Å². The number of rotatable bonds is 9. The summed E-state index contributed by atoms with van der Waals surface area (Å²) < 4.78 is 0. The van der Waals surface area contributed by atoms with Gasteiger partial charge in [0, 0.05) is 0 Å². The van der Waals surface area contributed by atoms with Crippen LogP contribution >= 0.6 is 0 Å². The van der Waals surface area contributed by atoms with Crippen LogP contribution in [0.3, 0.4) is 0 Å². The third kappa shape index (κ3) is 15.9. The zero-order chi connectivity index (χ0) is 34.6. The third-order valence-electron chi connectivity index (χ3n) is 6.08. The van der Waals surface area contributed by atoms with Crippen molar-refractivity contribution in [1.82, 2.24) is 0 Å². The first-order valence-electron chi connectivity index (χ1n) is 13.4. The molecule has 0 radical (unpaired) electrons. The zero-order valence-electron chi connectivity index (χ0n) is 24.6. The molecule has 0 spiro atoms. The Morgan fingerprint density at radius 3 is 0.787 bits per heavy atom. The molecule has 0 aromatic heterocycles. The molecule has 0 aliphatic carbocycles. The van der Waals surface area contributed by atoms with Crippen molar-refractivity contribution < 1.29 is 57.1 Å². The Hall–Kier alpha value is -4.71. The monoisotopic (exact) mass is 690 g/mol.